The van der Waals surface area contributed by atoms with Gasteiger partial charge in [-0.3, -0.25) is 4.79 Å². The van der Waals surface area contributed by atoms with Gasteiger partial charge in [0.2, 0.25) is 0 Å². The SMILES string of the molecule is CCCc1cc(=O)[nH]c(/C(=C\c2ccc3c(c2)nnn3C)CC)n1. The highest BCUT2D eigenvalue weighted by Gasteiger charge is 2.07. The van der Waals surface area contributed by atoms with Gasteiger partial charge in [-0.15, -0.1) is 5.10 Å². The first-order valence-electron chi connectivity index (χ1n) is 8.21. The number of aromatic nitrogens is 5. The molecule has 2 aromatic heterocycles. The normalized spacial score (nSPS) is 12.0. The molecule has 0 saturated heterocycles. The molecule has 2 heterocycles. The van der Waals surface area contributed by atoms with E-state index < -0.39 is 0 Å². The summed E-state index contributed by atoms with van der Waals surface area (Å²) in [6.45, 7) is 4.13. The zero-order valence-electron chi connectivity index (χ0n) is 14.2. The summed E-state index contributed by atoms with van der Waals surface area (Å²) >= 11 is 0. The Labute approximate surface area is 140 Å². The molecule has 0 saturated carbocycles. The molecular formula is C18H21N5O. The van der Waals surface area contributed by atoms with Gasteiger partial charge in [-0.05, 0) is 42.2 Å². The van der Waals surface area contributed by atoms with Gasteiger partial charge < -0.3 is 4.98 Å². The van der Waals surface area contributed by atoms with E-state index in [-0.39, 0.29) is 5.56 Å². The second kappa shape index (κ2) is 6.78. The van der Waals surface area contributed by atoms with Gasteiger partial charge in [0, 0.05) is 18.8 Å². The largest absolute Gasteiger partial charge is 0.307 e. The third-order valence-electron chi connectivity index (χ3n) is 3.96. The Morgan fingerprint density at radius 3 is 2.88 bits per heavy atom. The van der Waals surface area contributed by atoms with E-state index in [1.165, 1.54) is 0 Å². The van der Waals surface area contributed by atoms with E-state index in [0.717, 1.165) is 47.1 Å². The molecule has 124 valence electrons. The first-order chi connectivity index (χ1) is 11.6. The summed E-state index contributed by atoms with van der Waals surface area (Å²) in [5.41, 5.74) is 4.58. The maximum Gasteiger partial charge on any atom is 0.251 e. The van der Waals surface area contributed by atoms with Crippen LogP contribution in [0.4, 0.5) is 0 Å². The van der Waals surface area contributed by atoms with Gasteiger partial charge in [-0.25, -0.2) is 9.67 Å². The average Bonchev–Trinajstić information content (AvgIpc) is 2.93. The van der Waals surface area contributed by atoms with Gasteiger partial charge in [0.25, 0.3) is 5.56 Å². The lowest BCUT2D eigenvalue weighted by Gasteiger charge is -2.07. The third kappa shape index (κ3) is 3.27. The zero-order valence-corrected chi connectivity index (χ0v) is 14.2. The molecule has 0 radical (unpaired) electrons. The number of nitrogens with one attached hydrogen (secondary N) is 1. The molecule has 0 aliphatic heterocycles. The molecule has 6 heteroatoms. The van der Waals surface area contributed by atoms with Crippen LogP contribution in [-0.2, 0) is 13.5 Å². The molecule has 6 nitrogen and oxygen atoms in total. The number of rotatable bonds is 5. The number of hydrogen-bond donors (Lipinski definition) is 1. The van der Waals surface area contributed by atoms with Crippen molar-refractivity contribution in [2.75, 3.05) is 0 Å². The molecule has 0 aliphatic rings. The zero-order chi connectivity index (χ0) is 17.1. The topological polar surface area (TPSA) is 76.5 Å². The van der Waals surface area contributed by atoms with E-state index in [1.807, 2.05) is 31.3 Å². The molecule has 0 spiro atoms. The summed E-state index contributed by atoms with van der Waals surface area (Å²) in [7, 11) is 1.87. The lowest BCUT2D eigenvalue weighted by Crippen LogP contribution is -2.12. The Morgan fingerprint density at radius 1 is 1.29 bits per heavy atom. The Bertz CT molecular complexity index is 951. The predicted octanol–water partition coefficient (Wildman–Crippen LogP) is 2.95. The van der Waals surface area contributed by atoms with E-state index in [0.29, 0.717) is 5.82 Å². The number of hydrogen-bond acceptors (Lipinski definition) is 4. The van der Waals surface area contributed by atoms with Crippen molar-refractivity contribution in [2.24, 2.45) is 7.05 Å². The van der Waals surface area contributed by atoms with E-state index >= 15 is 0 Å². The highest BCUT2D eigenvalue weighted by Crippen LogP contribution is 2.20. The van der Waals surface area contributed by atoms with E-state index in [1.54, 1.807) is 10.7 Å². The van der Waals surface area contributed by atoms with Crippen molar-refractivity contribution in [3.05, 3.63) is 51.7 Å². The second-order valence-electron chi connectivity index (χ2n) is 5.82. The van der Waals surface area contributed by atoms with Crippen LogP contribution in [-0.4, -0.2) is 25.0 Å². The fourth-order valence-electron chi connectivity index (χ4n) is 2.73. The highest BCUT2D eigenvalue weighted by molar-refractivity contribution is 5.83. The number of H-pyrrole nitrogens is 1. The highest BCUT2D eigenvalue weighted by atomic mass is 16.1. The van der Waals surface area contributed by atoms with Crippen LogP contribution in [0.25, 0.3) is 22.7 Å². The van der Waals surface area contributed by atoms with Crippen LogP contribution in [0.3, 0.4) is 0 Å². The Morgan fingerprint density at radius 2 is 2.12 bits per heavy atom. The Balaban J connectivity index is 2.03. The van der Waals surface area contributed by atoms with Crippen LogP contribution < -0.4 is 5.56 Å². The molecule has 0 bridgehead atoms. The predicted molar refractivity (Wildman–Crippen MR) is 95.5 cm³/mol. The third-order valence-corrected chi connectivity index (χ3v) is 3.96. The number of aryl methyl sites for hydroxylation is 2. The Kier molecular flexibility index (Phi) is 4.55. The van der Waals surface area contributed by atoms with Crippen LogP contribution >= 0.6 is 0 Å². The molecular weight excluding hydrogens is 302 g/mol. The fraction of sp³-hybridized carbons (Fsp3) is 0.333. The second-order valence-corrected chi connectivity index (χ2v) is 5.82. The number of allylic oxidation sites excluding steroid dienone is 1. The maximum absolute atomic E-state index is 11.9. The van der Waals surface area contributed by atoms with E-state index in [2.05, 4.69) is 34.1 Å². The van der Waals surface area contributed by atoms with E-state index in [9.17, 15) is 4.79 Å². The minimum Gasteiger partial charge on any atom is -0.307 e. The molecule has 0 unspecified atom stereocenters. The minimum atomic E-state index is -0.104. The van der Waals surface area contributed by atoms with Gasteiger partial charge in [0.15, 0.2) is 0 Å². The van der Waals surface area contributed by atoms with Gasteiger partial charge in [-0.2, -0.15) is 0 Å². The summed E-state index contributed by atoms with van der Waals surface area (Å²) in [5.74, 6) is 0.646. The fourth-order valence-corrected chi connectivity index (χ4v) is 2.73. The first-order valence-corrected chi connectivity index (χ1v) is 8.21. The molecule has 3 rings (SSSR count). The molecule has 1 N–H and O–H groups in total. The minimum absolute atomic E-state index is 0.104. The maximum atomic E-state index is 11.9. The quantitative estimate of drug-likeness (QED) is 0.783. The van der Waals surface area contributed by atoms with Crippen LogP contribution in [0.2, 0.25) is 0 Å². The van der Waals surface area contributed by atoms with Crippen LogP contribution in [0.15, 0.2) is 29.1 Å². The van der Waals surface area contributed by atoms with Crippen LogP contribution in [0, 0.1) is 0 Å². The molecule has 0 atom stereocenters. The molecule has 24 heavy (non-hydrogen) atoms. The molecule has 0 fully saturated rings. The summed E-state index contributed by atoms with van der Waals surface area (Å²) in [6, 6.07) is 7.59. The average molecular weight is 323 g/mol. The van der Waals surface area contributed by atoms with Crippen LogP contribution in [0.1, 0.15) is 43.8 Å². The Hall–Kier alpha value is -2.76. The van der Waals surface area contributed by atoms with Crippen LogP contribution in [0.5, 0.6) is 0 Å². The monoisotopic (exact) mass is 323 g/mol. The van der Waals surface area contributed by atoms with Crippen molar-refractivity contribution in [1.82, 2.24) is 25.0 Å². The lowest BCUT2D eigenvalue weighted by molar-refractivity contribution is 0.736. The molecule has 0 amide bonds. The molecule has 1 aromatic carbocycles. The standard InChI is InChI=1S/C18H21N5O/c1-4-6-14-11-17(24)20-18(19-14)13(5-2)9-12-7-8-16-15(10-12)21-22-23(16)3/h7-11H,4-6H2,1-3H3,(H,19,20,24)/b13-9-. The van der Waals surface area contributed by atoms with E-state index in [4.69, 9.17) is 0 Å². The summed E-state index contributed by atoms with van der Waals surface area (Å²) in [5, 5.41) is 8.17. The first kappa shape index (κ1) is 16.1. The van der Waals surface area contributed by atoms with Gasteiger partial charge >= 0.3 is 0 Å². The van der Waals surface area contributed by atoms with Crippen molar-refractivity contribution in [3.63, 3.8) is 0 Å². The van der Waals surface area contributed by atoms with Crippen molar-refractivity contribution in [3.8, 4) is 0 Å². The van der Waals surface area contributed by atoms with Crippen molar-refractivity contribution in [1.29, 1.82) is 0 Å². The summed E-state index contributed by atoms with van der Waals surface area (Å²) < 4.78 is 1.75. The number of nitrogens with zero attached hydrogens (tertiary/aromatic N) is 4. The van der Waals surface area contributed by atoms with Crippen molar-refractivity contribution < 1.29 is 0 Å². The van der Waals surface area contributed by atoms with Gasteiger partial charge in [-0.1, -0.05) is 31.5 Å². The number of aromatic amines is 1. The van der Waals surface area contributed by atoms with Gasteiger partial charge in [0.05, 0.1) is 5.52 Å². The van der Waals surface area contributed by atoms with Crippen molar-refractivity contribution in [2.45, 2.75) is 33.1 Å². The summed E-state index contributed by atoms with van der Waals surface area (Å²) in [4.78, 5) is 19.3. The smallest absolute Gasteiger partial charge is 0.251 e. The van der Waals surface area contributed by atoms with Crippen molar-refractivity contribution >= 4 is 22.7 Å². The molecule has 0 aliphatic carbocycles. The lowest BCUT2D eigenvalue weighted by atomic mass is 10.1. The molecule has 3 aromatic rings. The van der Waals surface area contributed by atoms with Gasteiger partial charge in [0.1, 0.15) is 11.3 Å². The summed E-state index contributed by atoms with van der Waals surface area (Å²) in [6.07, 6.45) is 4.59. The number of fused-ring (bicyclic) bond motifs is 1. The number of benzene rings is 1.